The molecular formula is C18H22N2O5S2. The van der Waals surface area contributed by atoms with E-state index in [1.807, 2.05) is 31.2 Å². The summed E-state index contributed by atoms with van der Waals surface area (Å²) in [6.45, 7) is 1.52. The molecule has 1 aromatic heterocycles. The Bertz CT molecular complexity index is 921. The lowest BCUT2D eigenvalue weighted by atomic mass is 10.1. The zero-order valence-corrected chi connectivity index (χ0v) is 16.9. The number of ether oxygens (including phenoxy) is 1. The molecule has 1 aromatic carbocycles. The topological polar surface area (TPSA) is 93.6 Å². The summed E-state index contributed by atoms with van der Waals surface area (Å²) in [5.74, 6) is -0.936. The minimum absolute atomic E-state index is 0.0184. The van der Waals surface area contributed by atoms with E-state index < -0.39 is 15.8 Å². The molecule has 2 heterocycles. The minimum atomic E-state index is -3.03. The van der Waals surface area contributed by atoms with E-state index in [0.29, 0.717) is 6.42 Å². The number of amides is 1. The Labute approximate surface area is 162 Å². The standard InChI is InChI=1S/C18H22N2O5S2/c1-12(18-19-14-5-3-4-6-15(14)26-18)20(2)16(21)10-25-17(22)9-13-7-8-27(23,24)11-13/h3-6,12-13H,7-11H2,1-2H3/t12-,13+/m1/s1. The maximum atomic E-state index is 12.3. The van der Waals surface area contributed by atoms with Crippen LogP contribution in [0.1, 0.15) is 30.8 Å². The summed E-state index contributed by atoms with van der Waals surface area (Å²) >= 11 is 1.53. The van der Waals surface area contributed by atoms with Gasteiger partial charge in [0.1, 0.15) is 5.01 Å². The zero-order valence-electron chi connectivity index (χ0n) is 15.3. The number of benzene rings is 1. The highest BCUT2D eigenvalue weighted by Crippen LogP contribution is 2.29. The number of likely N-dealkylation sites (N-methyl/N-ethyl adjacent to an activating group) is 1. The van der Waals surface area contributed by atoms with Crippen molar-refractivity contribution in [1.29, 1.82) is 0 Å². The summed E-state index contributed by atoms with van der Waals surface area (Å²) in [5.41, 5.74) is 0.892. The summed E-state index contributed by atoms with van der Waals surface area (Å²) in [4.78, 5) is 30.3. The summed E-state index contributed by atoms with van der Waals surface area (Å²) in [5, 5.41) is 0.814. The first-order valence-corrected chi connectivity index (χ1v) is 11.4. The van der Waals surface area contributed by atoms with Crippen LogP contribution in [0.3, 0.4) is 0 Å². The van der Waals surface area contributed by atoms with Gasteiger partial charge in [0.05, 0.1) is 27.8 Å². The Morgan fingerprint density at radius 3 is 2.78 bits per heavy atom. The van der Waals surface area contributed by atoms with Gasteiger partial charge >= 0.3 is 5.97 Å². The van der Waals surface area contributed by atoms with Gasteiger partial charge in [-0.05, 0) is 31.4 Å². The molecule has 0 bridgehead atoms. The predicted molar refractivity (Wildman–Crippen MR) is 103 cm³/mol. The number of sulfone groups is 1. The van der Waals surface area contributed by atoms with Crippen LogP contribution in [0.15, 0.2) is 24.3 Å². The van der Waals surface area contributed by atoms with Crippen molar-refractivity contribution in [3.05, 3.63) is 29.3 Å². The lowest BCUT2D eigenvalue weighted by molar-refractivity contribution is -0.153. The molecule has 1 aliphatic rings. The molecule has 146 valence electrons. The lowest BCUT2D eigenvalue weighted by Crippen LogP contribution is -2.33. The summed E-state index contributed by atoms with van der Waals surface area (Å²) in [6, 6.07) is 7.53. The van der Waals surface area contributed by atoms with Gasteiger partial charge in [-0.1, -0.05) is 12.1 Å². The number of esters is 1. The van der Waals surface area contributed by atoms with E-state index in [-0.39, 0.29) is 42.4 Å². The normalized spacial score (nSPS) is 19.7. The van der Waals surface area contributed by atoms with Crippen LogP contribution in [-0.4, -0.2) is 55.3 Å². The average molecular weight is 411 g/mol. The highest BCUT2D eigenvalue weighted by molar-refractivity contribution is 7.91. The number of hydrogen-bond donors (Lipinski definition) is 0. The molecule has 1 aliphatic heterocycles. The van der Waals surface area contributed by atoms with Gasteiger partial charge in [-0.15, -0.1) is 11.3 Å². The van der Waals surface area contributed by atoms with E-state index >= 15 is 0 Å². The average Bonchev–Trinajstić information content (AvgIpc) is 3.21. The van der Waals surface area contributed by atoms with Gasteiger partial charge in [-0.25, -0.2) is 13.4 Å². The first kappa shape index (κ1) is 19.8. The number of thiazole rings is 1. The fourth-order valence-corrected chi connectivity index (χ4v) is 5.95. The van der Waals surface area contributed by atoms with E-state index in [2.05, 4.69) is 4.98 Å². The predicted octanol–water partition coefficient (Wildman–Crippen LogP) is 2.18. The Kier molecular flexibility index (Phi) is 5.81. The lowest BCUT2D eigenvalue weighted by Gasteiger charge is -2.23. The third kappa shape index (κ3) is 4.84. The van der Waals surface area contributed by atoms with Gasteiger partial charge in [0.15, 0.2) is 16.4 Å². The molecular weight excluding hydrogens is 388 g/mol. The highest BCUT2D eigenvalue weighted by Gasteiger charge is 2.30. The Morgan fingerprint density at radius 1 is 1.37 bits per heavy atom. The highest BCUT2D eigenvalue weighted by atomic mass is 32.2. The molecule has 0 unspecified atom stereocenters. The number of para-hydroxylation sites is 1. The second kappa shape index (κ2) is 7.93. The summed E-state index contributed by atoms with van der Waals surface area (Å²) in [7, 11) is -1.38. The van der Waals surface area contributed by atoms with E-state index in [1.165, 1.54) is 16.2 Å². The zero-order chi connectivity index (χ0) is 19.6. The van der Waals surface area contributed by atoms with Crippen LogP contribution in [0.25, 0.3) is 10.2 Å². The SMILES string of the molecule is C[C@H](c1nc2ccccc2s1)N(C)C(=O)COC(=O)C[C@@H]1CCS(=O)(=O)C1. The number of hydrogen-bond acceptors (Lipinski definition) is 7. The van der Waals surface area contributed by atoms with Crippen LogP contribution < -0.4 is 0 Å². The quantitative estimate of drug-likeness (QED) is 0.678. The number of fused-ring (bicyclic) bond motifs is 1. The molecule has 0 aliphatic carbocycles. The number of aromatic nitrogens is 1. The van der Waals surface area contributed by atoms with Crippen molar-refractivity contribution in [2.24, 2.45) is 5.92 Å². The third-order valence-corrected chi connectivity index (χ3v) is 7.82. The fourth-order valence-electron chi connectivity index (χ4n) is 3.02. The van der Waals surface area contributed by atoms with Gasteiger partial charge in [0, 0.05) is 13.5 Å². The summed E-state index contributed by atoms with van der Waals surface area (Å²) in [6.07, 6.45) is 0.504. The van der Waals surface area contributed by atoms with Crippen molar-refractivity contribution in [2.75, 3.05) is 25.2 Å². The van der Waals surface area contributed by atoms with Crippen molar-refractivity contribution < 1.29 is 22.7 Å². The van der Waals surface area contributed by atoms with E-state index in [1.54, 1.807) is 7.05 Å². The van der Waals surface area contributed by atoms with Gasteiger partial charge in [0.25, 0.3) is 5.91 Å². The minimum Gasteiger partial charge on any atom is -0.456 e. The van der Waals surface area contributed by atoms with E-state index in [4.69, 9.17) is 4.74 Å². The number of nitrogens with zero attached hydrogens (tertiary/aromatic N) is 2. The molecule has 0 spiro atoms. The molecule has 2 atom stereocenters. The number of carbonyl (C=O) groups excluding carboxylic acids is 2. The molecule has 1 fully saturated rings. The molecule has 7 nitrogen and oxygen atoms in total. The second-order valence-corrected chi connectivity index (χ2v) is 10.1. The Hall–Kier alpha value is -2.00. The van der Waals surface area contributed by atoms with Crippen LogP contribution in [-0.2, 0) is 24.2 Å². The van der Waals surface area contributed by atoms with Crippen molar-refractivity contribution in [3.63, 3.8) is 0 Å². The molecule has 0 N–H and O–H groups in total. The molecule has 1 saturated heterocycles. The van der Waals surface area contributed by atoms with Crippen LogP contribution in [0.2, 0.25) is 0 Å². The Morgan fingerprint density at radius 2 is 2.11 bits per heavy atom. The van der Waals surface area contributed by atoms with Crippen LogP contribution in [0.4, 0.5) is 0 Å². The van der Waals surface area contributed by atoms with E-state index in [9.17, 15) is 18.0 Å². The smallest absolute Gasteiger partial charge is 0.306 e. The Balaban J connectivity index is 1.51. The molecule has 9 heteroatoms. The van der Waals surface area contributed by atoms with Gasteiger partial charge < -0.3 is 9.64 Å². The molecule has 27 heavy (non-hydrogen) atoms. The number of carbonyl (C=O) groups is 2. The molecule has 0 saturated carbocycles. The molecule has 0 radical (unpaired) electrons. The fraction of sp³-hybridized carbons (Fsp3) is 0.500. The van der Waals surface area contributed by atoms with Crippen molar-refractivity contribution >= 4 is 43.3 Å². The molecule has 2 aromatic rings. The second-order valence-electron chi connectivity index (χ2n) is 6.83. The maximum Gasteiger partial charge on any atom is 0.306 e. The van der Waals surface area contributed by atoms with Crippen molar-refractivity contribution in [2.45, 2.75) is 25.8 Å². The molecule has 1 amide bonds. The first-order chi connectivity index (χ1) is 12.7. The van der Waals surface area contributed by atoms with Crippen LogP contribution in [0, 0.1) is 5.92 Å². The van der Waals surface area contributed by atoms with Crippen LogP contribution >= 0.6 is 11.3 Å². The van der Waals surface area contributed by atoms with Gasteiger partial charge in [-0.3, -0.25) is 9.59 Å². The summed E-state index contributed by atoms with van der Waals surface area (Å²) < 4.78 is 29.0. The monoisotopic (exact) mass is 410 g/mol. The van der Waals surface area contributed by atoms with Gasteiger partial charge in [0.2, 0.25) is 0 Å². The van der Waals surface area contributed by atoms with Crippen LogP contribution in [0.5, 0.6) is 0 Å². The largest absolute Gasteiger partial charge is 0.456 e. The maximum absolute atomic E-state index is 12.3. The van der Waals surface area contributed by atoms with E-state index in [0.717, 1.165) is 15.2 Å². The van der Waals surface area contributed by atoms with Crippen molar-refractivity contribution in [1.82, 2.24) is 9.88 Å². The number of rotatable bonds is 6. The van der Waals surface area contributed by atoms with Crippen molar-refractivity contribution in [3.8, 4) is 0 Å². The molecule has 3 rings (SSSR count). The first-order valence-electron chi connectivity index (χ1n) is 8.72. The van der Waals surface area contributed by atoms with Gasteiger partial charge in [-0.2, -0.15) is 0 Å². The third-order valence-electron chi connectivity index (χ3n) is 4.78.